The van der Waals surface area contributed by atoms with Crippen LogP contribution in [-0.4, -0.2) is 32.3 Å². The van der Waals surface area contributed by atoms with Gasteiger partial charge in [0.05, 0.1) is 47.1 Å². The van der Waals surface area contributed by atoms with Gasteiger partial charge in [0.25, 0.3) is 0 Å². The van der Waals surface area contributed by atoms with Gasteiger partial charge in [0.1, 0.15) is 12.5 Å². The van der Waals surface area contributed by atoms with Crippen molar-refractivity contribution in [3.05, 3.63) is 56.6 Å². The summed E-state index contributed by atoms with van der Waals surface area (Å²) in [6.07, 6.45) is -5.16. The molecule has 0 saturated heterocycles. The second-order valence-corrected chi connectivity index (χ2v) is 8.97. The Morgan fingerprint density at radius 1 is 1.12 bits per heavy atom. The van der Waals surface area contributed by atoms with Crippen molar-refractivity contribution in [1.29, 1.82) is 0 Å². The van der Waals surface area contributed by atoms with E-state index in [1.54, 1.807) is 20.8 Å². The molecule has 0 fully saturated rings. The van der Waals surface area contributed by atoms with Gasteiger partial charge in [-0.2, -0.15) is 13.2 Å². The molecule has 1 unspecified atom stereocenters. The fourth-order valence-corrected chi connectivity index (χ4v) is 3.68. The predicted molar refractivity (Wildman–Crippen MR) is 110 cm³/mol. The molecule has 11 heteroatoms. The number of halogens is 6. The van der Waals surface area contributed by atoms with E-state index in [2.05, 4.69) is 10.1 Å². The molecule has 1 aromatic rings. The number of methoxy groups -OCH3 is 1. The molecule has 1 aliphatic rings. The first kappa shape index (κ1) is 26.6. The van der Waals surface area contributed by atoms with Crippen LogP contribution in [0.1, 0.15) is 44.7 Å². The molecule has 1 heterocycles. The van der Waals surface area contributed by atoms with Crippen LogP contribution in [0.5, 0.6) is 0 Å². The molecule has 1 aromatic carbocycles. The number of allylic oxidation sites excluding steroid dienone is 2. The Hall–Kier alpha value is -2.62. The maximum atomic E-state index is 15.0. The standard InChI is InChI=1S/C22H23ClF5NO4/c1-10-14(20(31)33-9-21(2,3)4)17(16(19(30)32-5)13(8-24)29-10)15-12(25)7-6-11(23)18(15)22(26,27)28/h6-7,17,29H,8-9H2,1-5H3. The van der Waals surface area contributed by atoms with E-state index in [0.717, 1.165) is 7.11 Å². The van der Waals surface area contributed by atoms with Crippen LogP contribution in [0.3, 0.4) is 0 Å². The van der Waals surface area contributed by atoms with E-state index in [-0.39, 0.29) is 12.3 Å². The number of esters is 2. The van der Waals surface area contributed by atoms with E-state index in [0.29, 0.717) is 12.1 Å². The molecule has 5 nitrogen and oxygen atoms in total. The summed E-state index contributed by atoms with van der Waals surface area (Å²) in [6, 6.07) is 1.38. The number of hydrogen-bond donors (Lipinski definition) is 1. The van der Waals surface area contributed by atoms with Crippen molar-refractivity contribution in [2.24, 2.45) is 5.41 Å². The molecule has 0 amide bonds. The topological polar surface area (TPSA) is 64.6 Å². The molecule has 1 N–H and O–H groups in total. The molecular formula is C22H23ClF5NO4. The maximum Gasteiger partial charge on any atom is 0.418 e. The van der Waals surface area contributed by atoms with Gasteiger partial charge >= 0.3 is 18.1 Å². The second-order valence-electron chi connectivity index (χ2n) is 8.57. The quantitative estimate of drug-likeness (QED) is 0.435. The lowest BCUT2D eigenvalue weighted by molar-refractivity contribution is -0.143. The Morgan fingerprint density at radius 2 is 1.73 bits per heavy atom. The van der Waals surface area contributed by atoms with Crippen LogP contribution in [0.15, 0.2) is 34.7 Å². The summed E-state index contributed by atoms with van der Waals surface area (Å²) in [5.74, 6) is -5.74. The number of carbonyl (C=O) groups excluding carboxylic acids is 2. The van der Waals surface area contributed by atoms with Gasteiger partial charge in [0.15, 0.2) is 0 Å². The number of ether oxygens (including phenoxy) is 2. The normalized spacial score (nSPS) is 17.1. The highest BCUT2D eigenvalue weighted by Gasteiger charge is 2.46. The number of alkyl halides is 4. The number of dihydropyridines is 1. The smallest absolute Gasteiger partial charge is 0.418 e. The van der Waals surface area contributed by atoms with Gasteiger partial charge in [-0.15, -0.1) is 0 Å². The molecule has 1 atom stereocenters. The highest BCUT2D eigenvalue weighted by atomic mass is 35.5. The lowest BCUT2D eigenvalue weighted by Gasteiger charge is -2.32. The number of nitrogens with one attached hydrogen (secondary N) is 1. The third kappa shape index (κ3) is 5.66. The van der Waals surface area contributed by atoms with Crippen molar-refractivity contribution < 1.29 is 41.0 Å². The van der Waals surface area contributed by atoms with E-state index in [4.69, 9.17) is 16.3 Å². The monoisotopic (exact) mass is 495 g/mol. The first-order valence-electron chi connectivity index (χ1n) is 9.71. The van der Waals surface area contributed by atoms with Gasteiger partial charge in [-0.3, -0.25) is 0 Å². The van der Waals surface area contributed by atoms with E-state index < -0.39 is 74.9 Å². The van der Waals surface area contributed by atoms with Crippen molar-refractivity contribution in [3.8, 4) is 0 Å². The van der Waals surface area contributed by atoms with Gasteiger partial charge in [-0.25, -0.2) is 18.4 Å². The summed E-state index contributed by atoms with van der Waals surface area (Å²) in [7, 11) is 0.921. The number of hydrogen-bond acceptors (Lipinski definition) is 5. The molecule has 0 aliphatic carbocycles. The van der Waals surface area contributed by atoms with E-state index in [1.165, 1.54) is 6.92 Å². The average Bonchev–Trinajstić information content (AvgIpc) is 2.70. The lowest BCUT2D eigenvalue weighted by Crippen LogP contribution is -2.35. The summed E-state index contributed by atoms with van der Waals surface area (Å²) < 4.78 is 80.6. The summed E-state index contributed by atoms with van der Waals surface area (Å²) in [6.45, 7) is 5.06. The molecule has 0 bridgehead atoms. The first-order valence-corrected chi connectivity index (χ1v) is 10.1. The molecule has 2 rings (SSSR count). The van der Waals surface area contributed by atoms with Gasteiger partial charge in [-0.1, -0.05) is 32.4 Å². The van der Waals surface area contributed by atoms with Crippen LogP contribution in [0.2, 0.25) is 5.02 Å². The largest absolute Gasteiger partial charge is 0.466 e. The number of rotatable bonds is 5. The Morgan fingerprint density at radius 3 is 2.21 bits per heavy atom. The van der Waals surface area contributed by atoms with Crippen molar-refractivity contribution in [1.82, 2.24) is 5.32 Å². The van der Waals surface area contributed by atoms with Crippen LogP contribution in [0.4, 0.5) is 22.0 Å². The molecule has 0 aromatic heterocycles. The van der Waals surface area contributed by atoms with Gasteiger partial charge in [0.2, 0.25) is 0 Å². The summed E-state index contributed by atoms with van der Waals surface area (Å²) in [5, 5.41) is 1.64. The summed E-state index contributed by atoms with van der Waals surface area (Å²) in [5.41, 5.74) is -4.97. The fraction of sp³-hybridized carbons (Fsp3) is 0.455. The third-order valence-electron chi connectivity index (χ3n) is 4.75. The minimum Gasteiger partial charge on any atom is -0.466 e. The van der Waals surface area contributed by atoms with Crippen LogP contribution in [0.25, 0.3) is 0 Å². The molecule has 1 aliphatic heterocycles. The van der Waals surface area contributed by atoms with Crippen molar-refractivity contribution in [2.75, 3.05) is 20.4 Å². The Kier molecular flexibility index (Phi) is 7.83. The highest BCUT2D eigenvalue weighted by Crippen LogP contribution is 2.47. The SMILES string of the molecule is COC(=O)C1=C(CF)NC(C)=C(C(=O)OCC(C)(C)C)C1c1c(F)ccc(Cl)c1C(F)(F)F. The predicted octanol–water partition coefficient (Wildman–Crippen LogP) is 5.44. The number of carbonyl (C=O) groups is 2. The van der Waals surface area contributed by atoms with E-state index >= 15 is 4.39 Å². The molecule has 0 saturated carbocycles. The van der Waals surface area contributed by atoms with Crippen molar-refractivity contribution >= 4 is 23.5 Å². The fourth-order valence-electron chi connectivity index (χ4n) is 3.41. The molecular weight excluding hydrogens is 473 g/mol. The zero-order chi connectivity index (χ0) is 25.3. The van der Waals surface area contributed by atoms with Crippen LogP contribution < -0.4 is 5.32 Å². The second kappa shape index (κ2) is 9.70. The minimum absolute atomic E-state index is 0.105. The van der Waals surface area contributed by atoms with Crippen molar-refractivity contribution in [3.63, 3.8) is 0 Å². The molecule has 33 heavy (non-hydrogen) atoms. The highest BCUT2D eigenvalue weighted by molar-refractivity contribution is 6.31. The summed E-state index contributed by atoms with van der Waals surface area (Å²) in [4.78, 5) is 25.6. The molecule has 0 spiro atoms. The first-order chi connectivity index (χ1) is 15.1. The average molecular weight is 496 g/mol. The maximum absolute atomic E-state index is 15.0. The number of benzene rings is 1. The van der Waals surface area contributed by atoms with Crippen LogP contribution in [0, 0.1) is 11.2 Å². The molecule has 0 radical (unpaired) electrons. The third-order valence-corrected chi connectivity index (χ3v) is 5.07. The van der Waals surface area contributed by atoms with Crippen LogP contribution in [-0.2, 0) is 25.2 Å². The Balaban J connectivity index is 2.90. The Bertz CT molecular complexity index is 1020. The van der Waals surface area contributed by atoms with Crippen LogP contribution >= 0.6 is 11.6 Å². The minimum atomic E-state index is -5.16. The van der Waals surface area contributed by atoms with E-state index in [9.17, 15) is 27.2 Å². The van der Waals surface area contributed by atoms with Gasteiger partial charge < -0.3 is 14.8 Å². The zero-order valence-corrected chi connectivity index (χ0v) is 19.3. The lowest BCUT2D eigenvalue weighted by atomic mass is 9.78. The van der Waals surface area contributed by atoms with E-state index in [1.807, 2.05) is 0 Å². The molecule has 182 valence electrons. The van der Waals surface area contributed by atoms with Gasteiger partial charge in [-0.05, 0) is 24.5 Å². The zero-order valence-electron chi connectivity index (χ0n) is 18.5. The summed E-state index contributed by atoms with van der Waals surface area (Å²) >= 11 is 5.78. The Labute approximate surface area is 192 Å². The van der Waals surface area contributed by atoms with Gasteiger partial charge in [0, 0.05) is 11.3 Å². The van der Waals surface area contributed by atoms with Crippen molar-refractivity contribution in [2.45, 2.75) is 39.8 Å².